The van der Waals surface area contributed by atoms with Gasteiger partial charge >= 0.3 is 0 Å². The van der Waals surface area contributed by atoms with Crippen molar-refractivity contribution in [2.75, 3.05) is 7.11 Å². The third kappa shape index (κ3) is 2.25. The molecule has 2 aromatic carbocycles. The maximum Gasteiger partial charge on any atom is 0.232 e. The van der Waals surface area contributed by atoms with E-state index >= 15 is 0 Å². The first-order valence-electron chi connectivity index (χ1n) is 7.95. The molecule has 0 fully saturated rings. The van der Waals surface area contributed by atoms with Crippen molar-refractivity contribution >= 4 is 32.6 Å². The minimum Gasteiger partial charge on any atom is -0.486 e. The molecule has 6 heteroatoms. The summed E-state index contributed by atoms with van der Waals surface area (Å²) in [5.41, 5.74) is 5.98. The van der Waals surface area contributed by atoms with Crippen LogP contribution in [0.2, 0.25) is 0 Å². The highest BCUT2D eigenvalue weighted by molar-refractivity contribution is 7.22. The van der Waals surface area contributed by atoms with Gasteiger partial charge in [0.25, 0.3) is 0 Å². The van der Waals surface area contributed by atoms with Crippen molar-refractivity contribution in [1.82, 2.24) is 15.0 Å². The summed E-state index contributed by atoms with van der Waals surface area (Å²) in [6.07, 6.45) is 2.47. The van der Waals surface area contributed by atoms with E-state index in [9.17, 15) is 0 Å². The summed E-state index contributed by atoms with van der Waals surface area (Å²) in [5, 5.41) is 0.948. The summed E-state index contributed by atoms with van der Waals surface area (Å²) < 4.78 is 11.9. The van der Waals surface area contributed by atoms with Crippen LogP contribution in [0.25, 0.3) is 31.8 Å². The molecule has 0 atom stereocenters. The molecule has 1 aliphatic rings. The standard InChI is InChI=1S/C19H14N3O2S/c1-10-7-12(17-14(8-10)21-16(23-2)9-20-17)19-22-13-3-4-15-11(5-6-24-15)18(13)25-19/h3-4,6-9H,5H2,1-2H3. The molecule has 1 aliphatic heterocycles. The van der Waals surface area contributed by atoms with E-state index in [-0.39, 0.29) is 0 Å². The second-order valence-electron chi connectivity index (χ2n) is 5.99. The fraction of sp³-hybridized carbons (Fsp3) is 0.158. The number of ether oxygens (including phenoxy) is 2. The van der Waals surface area contributed by atoms with Crippen molar-refractivity contribution in [2.45, 2.75) is 13.3 Å². The number of nitrogens with zero attached hydrogens (tertiary/aromatic N) is 3. The zero-order valence-electron chi connectivity index (χ0n) is 13.7. The number of rotatable bonds is 2. The maximum atomic E-state index is 5.55. The number of thiazole rings is 1. The highest BCUT2D eigenvalue weighted by atomic mass is 32.1. The molecular weight excluding hydrogens is 334 g/mol. The van der Waals surface area contributed by atoms with E-state index in [1.807, 2.05) is 24.8 Å². The highest BCUT2D eigenvalue weighted by Crippen LogP contribution is 2.41. The second kappa shape index (κ2) is 5.39. The molecule has 0 amide bonds. The molecule has 3 heterocycles. The van der Waals surface area contributed by atoms with Gasteiger partial charge in [-0.2, -0.15) is 0 Å². The molecule has 5 nitrogen and oxygen atoms in total. The first-order valence-corrected chi connectivity index (χ1v) is 8.77. The summed E-state index contributed by atoms with van der Waals surface area (Å²) in [7, 11) is 1.60. The van der Waals surface area contributed by atoms with E-state index in [0.717, 1.165) is 44.9 Å². The van der Waals surface area contributed by atoms with Crippen LogP contribution in [0.15, 0.2) is 30.5 Å². The van der Waals surface area contributed by atoms with Crippen molar-refractivity contribution in [3.63, 3.8) is 0 Å². The molecule has 4 aromatic rings. The van der Waals surface area contributed by atoms with Crippen molar-refractivity contribution in [1.29, 1.82) is 0 Å². The lowest BCUT2D eigenvalue weighted by atomic mass is 10.1. The minimum atomic E-state index is 0.513. The Bertz CT molecular complexity index is 1140. The summed E-state index contributed by atoms with van der Waals surface area (Å²) in [6, 6.07) is 8.13. The molecule has 123 valence electrons. The molecule has 0 N–H and O–H groups in total. The van der Waals surface area contributed by atoms with E-state index in [1.54, 1.807) is 24.6 Å². The van der Waals surface area contributed by atoms with Crippen LogP contribution in [-0.2, 0) is 6.42 Å². The van der Waals surface area contributed by atoms with Crippen LogP contribution in [0.1, 0.15) is 11.1 Å². The lowest BCUT2D eigenvalue weighted by molar-refractivity contribution is 0.397. The van der Waals surface area contributed by atoms with E-state index in [1.165, 1.54) is 10.3 Å². The summed E-state index contributed by atoms with van der Waals surface area (Å²) in [5.74, 6) is 1.44. The molecular formula is C19H14N3O2S. The van der Waals surface area contributed by atoms with Gasteiger partial charge in [-0.25, -0.2) is 15.0 Å². The van der Waals surface area contributed by atoms with E-state index in [0.29, 0.717) is 5.88 Å². The fourth-order valence-electron chi connectivity index (χ4n) is 3.17. The van der Waals surface area contributed by atoms with Crippen molar-refractivity contribution in [3.05, 3.63) is 48.2 Å². The lowest BCUT2D eigenvalue weighted by Crippen LogP contribution is -1.93. The Morgan fingerprint density at radius 1 is 1.16 bits per heavy atom. The quantitative estimate of drug-likeness (QED) is 0.540. The topological polar surface area (TPSA) is 57.1 Å². The average Bonchev–Trinajstić information content (AvgIpc) is 3.26. The van der Waals surface area contributed by atoms with Gasteiger partial charge in [0.2, 0.25) is 5.88 Å². The van der Waals surface area contributed by atoms with Crippen molar-refractivity contribution < 1.29 is 9.47 Å². The largest absolute Gasteiger partial charge is 0.486 e. The molecule has 0 spiro atoms. The third-order valence-corrected chi connectivity index (χ3v) is 5.49. The molecule has 0 saturated heterocycles. The first-order chi connectivity index (χ1) is 12.2. The van der Waals surface area contributed by atoms with E-state index < -0.39 is 0 Å². The van der Waals surface area contributed by atoms with Gasteiger partial charge in [-0.1, -0.05) is 0 Å². The smallest absolute Gasteiger partial charge is 0.232 e. The zero-order chi connectivity index (χ0) is 17.0. The molecule has 5 rings (SSSR count). The molecule has 25 heavy (non-hydrogen) atoms. The number of benzene rings is 2. The Morgan fingerprint density at radius 2 is 2.08 bits per heavy atom. The third-order valence-electron chi connectivity index (χ3n) is 4.32. The number of fused-ring (bicyclic) bond motifs is 4. The van der Waals surface area contributed by atoms with Gasteiger partial charge in [0.05, 0.1) is 34.6 Å². The average molecular weight is 348 g/mol. The number of aryl methyl sites for hydroxylation is 1. The van der Waals surface area contributed by atoms with Gasteiger partial charge < -0.3 is 9.47 Å². The van der Waals surface area contributed by atoms with Gasteiger partial charge in [0.1, 0.15) is 17.4 Å². The Labute approximate surface area is 148 Å². The van der Waals surface area contributed by atoms with Crippen LogP contribution in [0.3, 0.4) is 0 Å². The van der Waals surface area contributed by atoms with Crippen LogP contribution in [0, 0.1) is 13.5 Å². The first kappa shape index (κ1) is 14.6. The zero-order valence-corrected chi connectivity index (χ0v) is 14.6. The molecule has 0 aliphatic carbocycles. The maximum absolute atomic E-state index is 5.55. The Kier molecular flexibility index (Phi) is 3.15. The number of aromatic nitrogens is 3. The van der Waals surface area contributed by atoms with Crippen LogP contribution in [0.4, 0.5) is 0 Å². The van der Waals surface area contributed by atoms with Gasteiger partial charge in [-0.15, -0.1) is 11.3 Å². The summed E-state index contributed by atoms with van der Waals surface area (Å²) in [6.45, 7) is 3.89. The van der Waals surface area contributed by atoms with Crippen LogP contribution < -0.4 is 9.47 Å². The highest BCUT2D eigenvalue weighted by Gasteiger charge is 2.20. The number of hydrogen-bond acceptors (Lipinski definition) is 6. The van der Waals surface area contributed by atoms with Gasteiger partial charge in [0, 0.05) is 17.5 Å². The number of methoxy groups -OCH3 is 1. The van der Waals surface area contributed by atoms with E-state index in [4.69, 9.17) is 14.5 Å². The Hall–Kier alpha value is -2.73. The summed E-state index contributed by atoms with van der Waals surface area (Å²) >= 11 is 1.68. The number of hydrogen-bond donors (Lipinski definition) is 0. The fourth-order valence-corrected chi connectivity index (χ4v) is 4.30. The van der Waals surface area contributed by atoms with Gasteiger partial charge in [-0.05, 0) is 36.8 Å². The minimum absolute atomic E-state index is 0.513. The van der Waals surface area contributed by atoms with Gasteiger partial charge in [0.15, 0.2) is 0 Å². The molecule has 2 aromatic heterocycles. The lowest BCUT2D eigenvalue weighted by Gasteiger charge is -2.06. The molecule has 1 radical (unpaired) electrons. The SMILES string of the molecule is COc1cnc2c(-c3nc4ccc5c(c4s3)C[CH]O5)cc(C)cc2n1. The normalized spacial score (nSPS) is 13.2. The van der Waals surface area contributed by atoms with E-state index in [2.05, 4.69) is 23.0 Å². The van der Waals surface area contributed by atoms with Crippen LogP contribution in [-0.4, -0.2) is 22.1 Å². The molecule has 0 unspecified atom stereocenters. The Balaban J connectivity index is 1.77. The molecule has 0 saturated carbocycles. The predicted octanol–water partition coefficient (Wildman–Crippen LogP) is 4.32. The van der Waals surface area contributed by atoms with Crippen LogP contribution >= 0.6 is 11.3 Å². The second-order valence-corrected chi connectivity index (χ2v) is 6.99. The van der Waals surface area contributed by atoms with Crippen molar-refractivity contribution in [2.24, 2.45) is 0 Å². The van der Waals surface area contributed by atoms with Gasteiger partial charge in [-0.3, -0.25) is 0 Å². The Morgan fingerprint density at radius 3 is 2.96 bits per heavy atom. The predicted molar refractivity (Wildman–Crippen MR) is 98.1 cm³/mol. The van der Waals surface area contributed by atoms with Crippen molar-refractivity contribution in [3.8, 4) is 22.2 Å². The monoisotopic (exact) mass is 348 g/mol. The summed E-state index contributed by atoms with van der Waals surface area (Å²) in [4.78, 5) is 13.9. The molecule has 0 bridgehead atoms. The van der Waals surface area contributed by atoms with Crippen LogP contribution in [0.5, 0.6) is 11.6 Å².